The number of carboxylic acid groups (broad SMARTS) is 1. The minimum absolute atomic E-state index is 0.120. The molecule has 0 atom stereocenters. The van der Waals surface area contributed by atoms with Gasteiger partial charge in [0.25, 0.3) is 11.6 Å². The lowest BCUT2D eigenvalue weighted by Gasteiger charge is -2.36. The summed E-state index contributed by atoms with van der Waals surface area (Å²) in [5, 5.41) is 25.2. The van der Waals surface area contributed by atoms with Gasteiger partial charge in [0, 0.05) is 6.07 Å². The number of aliphatic carboxylic acids is 1. The predicted molar refractivity (Wildman–Crippen MR) is 96.6 cm³/mol. The number of carbonyl (C=O) groups is 3. The number of nitrogens with zero attached hydrogens (tertiary/aromatic N) is 1. The molecule has 1 aromatic rings. The number of nitro groups is 1. The number of rotatable bonds is 6. The van der Waals surface area contributed by atoms with E-state index in [1.165, 1.54) is 12.1 Å². The molecule has 0 bridgehead atoms. The molecule has 1 saturated carbocycles. The van der Waals surface area contributed by atoms with E-state index in [4.69, 9.17) is 11.6 Å². The average molecular weight is 398 g/mol. The molecule has 1 fully saturated rings. The molecule has 1 aromatic carbocycles. The summed E-state index contributed by atoms with van der Waals surface area (Å²) in [4.78, 5) is 46.4. The van der Waals surface area contributed by atoms with E-state index in [2.05, 4.69) is 10.6 Å². The quantitative estimate of drug-likeness (QED) is 0.496. The largest absolute Gasteiger partial charge is 0.480 e. The van der Waals surface area contributed by atoms with E-state index >= 15 is 0 Å². The minimum atomic E-state index is -1.36. The molecule has 27 heavy (non-hydrogen) atoms. The Morgan fingerprint density at radius 2 is 1.96 bits per heavy atom. The number of nitro benzene ring substituents is 1. The van der Waals surface area contributed by atoms with Crippen LogP contribution in [0.4, 0.5) is 5.69 Å². The summed E-state index contributed by atoms with van der Waals surface area (Å²) in [6, 6.07) is 3.79. The molecule has 1 aliphatic carbocycles. The van der Waals surface area contributed by atoms with E-state index in [1.54, 1.807) is 0 Å². The Balaban J connectivity index is 2.04. The summed E-state index contributed by atoms with van der Waals surface area (Å²) in [6.07, 6.45) is 1.95. The van der Waals surface area contributed by atoms with Crippen molar-refractivity contribution in [3.63, 3.8) is 0 Å². The first-order valence-electron chi connectivity index (χ1n) is 8.42. The zero-order valence-electron chi connectivity index (χ0n) is 14.7. The summed E-state index contributed by atoms with van der Waals surface area (Å²) in [7, 11) is 0. The second-order valence-corrected chi connectivity index (χ2v) is 7.10. The summed E-state index contributed by atoms with van der Waals surface area (Å²) < 4.78 is 0. The fourth-order valence-electron chi connectivity index (χ4n) is 3.10. The van der Waals surface area contributed by atoms with Crippen molar-refractivity contribution in [2.24, 2.45) is 5.92 Å². The van der Waals surface area contributed by atoms with E-state index in [9.17, 15) is 29.6 Å². The molecule has 2 rings (SSSR count). The highest BCUT2D eigenvalue weighted by molar-refractivity contribution is 6.34. The number of hydrogen-bond donors (Lipinski definition) is 3. The molecule has 0 aromatic heterocycles. The Bertz CT molecular complexity index is 774. The number of carbonyl (C=O) groups excluding carboxylic acids is 2. The van der Waals surface area contributed by atoms with Crippen LogP contribution >= 0.6 is 11.6 Å². The summed E-state index contributed by atoms with van der Waals surface area (Å²) in [5.74, 6) is -2.30. The molecule has 146 valence electrons. The lowest BCUT2D eigenvalue weighted by atomic mass is 9.77. The van der Waals surface area contributed by atoms with Crippen molar-refractivity contribution in [3.8, 4) is 0 Å². The summed E-state index contributed by atoms with van der Waals surface area (Å²) in [5.41, 5.74) is -2.19. The lowest BCUT2D eigenvalue weighted by molar-refractivity contribution is -0.385. The molecule has 1 aliphatic rings. The van der Waals surface area contributed by atoms with E-state index in [0.29, 0.717) is 31.6 Å². The molecule has 9 nitrogen and oxygen atoms in total. The maximum atomic E-state index is 12.2. The Morgan fingerprint density at radius 3 is 2.52 bits per heavy atom. The second-order valence-electron chi connectivity index (χ2n) is 6.69. The van der Waals surface area contributed by atoms with Gasteiger partial charge in [-0.25, -0.2) is 4.79 Å². The van der Waals surface area contributed by atoms with E-state index < -0.39 is 40.5 Å². The maximum Gasteiger partial charge on any atom is 0.329 e. The highest BCUT2D eigenvalue weighted by atomic mass is 35.5. The summed E-state index contributed by atoms with van der Waals surface area (Å²) >= 11 is 5.87. The van der Waals surface area contributed by atoms with Gasteiger partial charge in [-0.15, -0.1) is 0 Å². The number of nitrogens with one attached hydrogen (secondary N) is 2. The second kappa shape index (κ2) is 8.34. The Kier molecular flexibility index (Phi) is 6.37. The molecule has 10 heteroatoms. The molecule has 0 heterocycles. The van der Waals surface area contributed by atoms with E-state index in [0.717, 1.165) is 6.07 Å². The zero-order valence-corrected chi connectivity index (χ0v) is 15.4. The SMILES string of the molecule is CC1CCC(NC(=O)CNC(=O)c2c(Cl)cccc2[N+](=O)[O-])(C(=O)O)CC1. The molecular weight excluding hydrogens is 378 g/mol. The molecule has 0 unspecified atom stereocenters. The van der Waals surface area contributed by atoms with Gasteiger partial charge in [-0.05, 0) is 37.7 Å². The molecular formula is C17H20ClN3O6. The Morgan fingerprint density at radius 1 is 1.33 bits per heavy atom. The van der Waals surface area contributed by atoms with Crippen LogP contribution in [0.3, 0.4) is 0 Å². The zero-order chi connectivity index (χ0) is 20.2. The van der Waals surface area contributed by atoms with Gasteiger partial charge < -0.3 is 15.7 Å². The van der Waals surface area contributed by atoms with Gasteiger partial charge >= 0.3 is 5.97 Å². The van der Waals surface area contributed by atoms with Crippen molar-refractivity contribution in [3.05, 3.63) is 38.9 Å². The molecule has 2 amide bonds. The molecule has 0 spiro atoms. The van der Waals surface area contributed by atoms with Gasteiger partial charge in [-0.1, -0.05) is 24.6 Å². The van der Waals surface area contributed by atoms with Gasteiger partial charge in [0.1, 0.15) is 11.1 Å². The van der Waals surface area contributed by atoms with Crippen LogP contribution in [0, 0.1) is 16.0 Å². The topological polar surface area (TPSA) is 139 Å². The van der Waals surface area contributed by atoms with E-state index in [1.807, 2.05) is 6.92 Å². The Labute approximate surface area is 160 Å². The lowest BCUT2D eigenvalue weighted by Crippen LogP contribution is -2.58. The first-order chi connectivity index (χ1) is 12.7. The van der Waals surface area contributed by atoms with Crippen molar-refractivity contribution in [1.82, 2.24) is 10.6 Å². The van der Waals surface area contributed by atoms with Crippen molar-refractivity contribution in [2.75, 3.05) is 6.54 Å². The molecule has 0 saturated heterocycles. The average Bonchev–Trinajstić information content (AvgIpc) is 2.61. The normalized spacial score (nSPS) is 21.9. The van der Waals surface area contributed by atoms with E-state index in [-0.39, 0.29) is 10.6 Å². The first-order valence-corrected chi connectivity index (χ1v) is 8.79. The van der Waals surface area contributed by atoms with Crippen LogP contribution in [0.5, 0.6) is 0 Å². The molecule has 0 radical (unpaired) electrons. The number of benzene rings is 1. The standard InChI is InChI=1S/C17H20ClN3O6/c1-10-5-7-17(8-6-10,16(24)25)20-13(22)9-19-15(23)14-11(18)3-2-4-12(14)21(26)27/h2-4,10H,5-9H2,1H3,(H,19,23)(H,20,22)(H,24,25). The fraction of sp³-hybridized carbons (Fsp3) is 0.471. The maximum absolute atomic E-state index is 12.2. The number of halogens is 1. The third-order valence-electron chi connectivity index (χ3n) is 4.74. The number of hydrogen-bond acceptors (Lipinski definition) is 5. The van der Waals surface area contributed by atoms with Crippen LogP contribution < -0.4 is 10.6 Å². The van der Waals surface area contributed by atoms with Gasteiger partial charge in [-0.2, -0.15) is 0 Å². The van der Waals surface area contributed by atoms with Crippen LogP contribution in [0.15, 0.2) is 18.2 Å². The van der Waals surface area contributed by atoms with Crippen molar-refractivity contribution >= 4 is 35.1 Å². The van der Waals surface area contributed by atoms with Crippen LogP contribution in [0.25, 0.3) is 0 Å². The van der Waals surface area contributed by atoms with Crippen molar-refractivity contribution in [2.45, 2.75) is 38.1 Å². The van der Waals surface area contributed by atoms with Crippen LogP contribution in [0.2, 0.25) is 5.02 Å². The molecule has 3 N–H and O–H groups in total. The highest BCUT2D eigenvalue weighted by Gasteiger charge is 2.42. The Hall–Kier alpha value is -2.68. The van der Waals surface area contributed by atoms with Crippen molar-refractivity contribution in [1.29, 1.82) is 0 Å². The number of carboxylic acids is 1. The highest BCUT2D eigenvalue weighted by Crippen LogP contribution is 2.32. The van der Waals surface area contributed by atoms with Crippen LogP contribution in [-0.4, -0.2) is 39.9 Å². The first kappa shape index (κ1) is 20.6. The van der Waals surface area contributed by atoms with Gasteiger partial charge in [0.15, 0.2) is 0 Å². The van der Waals surface area contributed by atoms with Gasteiger partial charge in [0.2, 0.25) is 5.91 Å². The number of amides is 2. The minimum Gasteiger partial charge on any atom is -0.480 e. The molecule has 0 aliphatic heterocycles. The van der Waals surface area contributed by atoms with Crippen LogP contribution in [0.1, 0.15) is 43.0 Å². The fourth-order valence-corrected chi connectivity index (χ4v) is 3.35. The summed E-state index contributed by atoms with van der Waals surface area (Å²) in [6.45, 7) is 1.50. The monoisotopic (exact) mass is 397 g/mol. The van der Waals surface area contributed by atoms with Gasteiger partial charge in [-0.3, -0.25) is 19.7 Å². The third kappa shape index (κ3) is 4.73. The van der Waals surface area contributed by atoms with Crippen LogP contribution in [-0.2, 0) is 9.59 Å². The smallest absolute Gasteiger partial charge is 0.329 e. The third-order valence-corrected chi connectivity index (χ3v) is 5.06. The van der Waals surface area contributed by atoms with Gasteiger partial charge in [0.05, 0.1) is 16.5 Å². The van der Waals surface area contributed by atoms with Crippen molar-refractivity contribution < 1.29 is 24.4 Å². The predicted octanol–water partition coefficient (Wildman–Crippen LogP) is 2.13.